The van der Waals surface area contributed by atoms with E-state index in [0.29, 0.717) is 6.54 Å². The summed E-state index contributed by atoms with van der Waals surface area (Å²) >= 11 is 0. The fourth-order valence-corrected chi connectivity index (χ4v) is 1.77. The summed E-state index contributed by atoms with van der Waals surface area (Å²) in [5, 5.41) is 12.7. The molecule has 1 amide bonds. The average molecular weight is 260 g/mol. The van der Waals surface area contributed by atoms with Crippen molar-refractivity contribution in [3.05, 3.63) is 36.0 Å². The Morgan fingerprint density at radius 2 is 2.00 bits per heavy atom. The van der Waals surface area contributed by atoms with Crippen LogP contribution in [-0.4, -0.2) is 22.0 Å². The van der Waals surface area contributed by atoms with Crippen molar-refractivity contribution in [1.82, 2.24) is 10.3 Å². The number of fused-ring (bicyclic) bond motifs is 1. The Morgan fingerprint density at radius 1 is 1.32 bits per heavy atom. The van der Waals surface area contributed by atoms with E-state index in [0.717, 1.165) is 16.5 Å². The standard InChI is InChI=1S/C14H16N2O3/c1-14(2,13(18)19)12(17)16-8-9-7-15-11-6-4-3-5-10(9)11/h3-7,15H,8H2,1-2H3,(H,16,17)(H,18,19). The highest BCUT2D eigenvalue weighted by Gasteiger charge is 2.35. The zero-order chi connectivity index (χ0) is 14.0. The number of H-pyrrole nitrogens is 1. The van der Waals surface area contributed by atoms with E-state index in [2.05, 4.69) is 10.3 Å². The third-order valence-corrected chi connectivity index (χ3v) is 3.22. The Kier molecular flexibility index (Phi) is 3.29. The highest BCUT2D eigenvalue weighted by atomic mass is 16.4. The number of carboxylic acids is 1. The van der Waals surface area contributed by atoms with E-state index in [1.807, 2.05) is 30.5 Å². The molecule has 0 spiro atoms. The van der Waals surface area contributed by atoms with Crippen molar-refractivity contribution in [3.8, 4) is 0 Å². The van der Waals surface area contributed by atoms with E-state index in [-0.39, 0.29) is 0 Å². The maximum Gasteiger partial charge on any atom is 0.318 e. The monoisotopic (exact) mass is 260 g/mol. The van der Waals surface area contributed by atoms with Crippen LogP contribution in [0, 0.1) is 5.41 Å². The minimum atomic E-state index is -1.42. The maximum atomic E-state index is 11.8. The van der Waals surface area contributed by atoms with E-state index in [1.165, 1.54) is 13.8 Å². The highest BCUT2D eigenvalue weighted by Crippen LogP contribution is 2.19. The van der Waals surface area contributed by atoms with Crippen LogP contribution in [0.1, 0.15) is 19.4 Å². The second-order valence-electron chi connectivity index (χ2n) is 4.97. The molecule has 3 N–H and O–H groups in total. The van der Waals surface area contributed by atoms with Crippen LogP contribution in [0.5, 0.6) is 0 Å². The molecule has 1 aromatic carbocycles. The molecular formula is C14H16N2O3. The molecule has 0 atom stereocenters. The molecule has 2 aromatic rings. The minimum Gasteiger partial charge on any atom is -0.480 e. The molecule has 0 bridgehead atoms. The summed E-state index contributed by atoms with van der Waals surface area (Å²) in [7, 11) is 0. The Labute approximate surface area is 110 Å². The van der Waals surface area contributed by atoms with Gasteiger partial charge in [0.05, 0.1) is 0 Å². The van der Waals surface area contributed by atoms with Gasteiger partial charge in [-0.1, -0.05) is 18.2 Å². The first-order valence-electron chi connectivity index (χ1n) is 5.99. The van der Waals surface area contributed by atoms with Crippen LogP contribution in [0.4, 0.5) is 0 Å². The lowest BCUT2D eigenvalue weighted by atomic mass is 9.92. The number of carbonyl (C=O) groups excluding carboxylic acids is 1. The molecular weight excluding hydrogens is 244 g/mol. The van der Waals surface area contributed by atoms with E-state index in [9.17, 15) is 9.59 Å². The first kappa shape index (κ1) is 13.1. The molecule has 0 saturated heterocycles. The molecule has 1 aromatic heterocycles. The third kappa shape index (κ3) is 2.45. The van der Waals surface area contributed by atoms with Crippen LogP contribution in [0.15, 0.2) is 30.5 Å². The first-order valence-corrected chi connectivity index (χ1v) is 5.99. The average Bonchev–Trinajstić information content (AvgIpc) is 2.79. The van der Waals surface area contributed by atoms with Crippen molar-refractivity contribution in [2.45, 2.75) is 20.4 Å². The van der Waals surface area contributed by atoms with Gasteiger partial charge in [0.2, 0.25) is 5.91 Å². The lowest BCUT2D eigenvalue weighted by molar-refractivity contribution is -0.153. The van der Waals surface area contributed by atoms with Gasteiger partial charge in [0, 0.05) is 23.6 Å². The number of aromatic amines is 1. The number of benzene rings is 1. The van der Waals surface area contributed by atoms with Crippen molar-refractivity contribution >= 4 is 22.8 Å². The summed E-state index contributed by atoms with van der Waals surface area (Å²) in [6, 6.07) is 7.74. The van der Waals surface area contributed by atoms with E-state index in [1.54, 1.807) is 0 Å². The Morgan fingerprint density at radius 3 is 2.68 bits per heavy atom. The van der Waals surface area contributed by atoms with Gasteiger partial charge in [-0.05, 0) is 25.5 Å². The Bertz CT molecular complexity index is 628. The first-order chi connectivity index (χ1) is 8.93. The number of carbonyl (C=O) groups is 2. The van der Waals surface area contributed by atoms with E-state index >= 15 is 0 Å². The molecule has 0 unspecified atom stereocenters. The van der Waals surface area contributed by atoms with Crippen LogP contribution >= 0.6 is 0 Å². The fraction of sp³-hybridized carbons (Fsp3) is 0.286. The van der Waals surface area contributed by atoms with Gasteiger partial charge in [0.1, 0.15) is 5.41 Å². The van der Waals surface area contributed by atoms with Crippen LogP contribution in [-0.2, 0) is 16.1 Å². The molecule has 1 heterocycles. The molecule has 0 aliphatic carbocycles. The largest absolute Gasteiger partial charge is 0.480 e. The summed E-state index contributed by atoms with van der Waals surface area (Å²) in [6.45, 7) is 3.08. The van der Waals surface area contributed by atoms with Crippen molar-refractivity contribution in [2.75, 3.05) is 0 Å². The predicted molar refractivity (Wildman–Crippen MR) is 71.6 cm³/mol. The molecule has 0 aliphatic rings. The molecule has 5 heteroatoms. The maximum absolute atomic E-state index is 11.8. The normalized spacial score (nSPS) is 11.5. The smallest absolute Gasteiger partial charge is 0.318 e. The molecule has 19 heavy (non-hydrogen) atoms. The van der Waals surface area contributed by atoms with E-state index in [4.69, 9.17) is 5.11 Å². The molecule has 0 fully saturated rings. The number of nitrogens with one attached hydrogen (secondary N) is 2. The van der Waals surface area contributed by atoms with Gasteiger partial charge in [0.25, 0.3) is 0 Å². The zero-order valence-corrected chi connectivity index (χ0v) is 10.9. The van der Waals surface area contributed by atoms with E-state index < -0.39 is 17.3 Å². The van der Waals surface area contributed by atoms with Crippen LogP contribution < -0.4 is 5.32 Å². The van der Waals surface area contributed by atoms with Gasteiger partial charge in [0.15, 0.2) is 0 Å². The summed E-state index contributed by atoms with van der Waals surface area (Å²) < 4.78 is 0. The van der Waals surface area contributed by atoms with Crippen molar-refractivity contribution in [3.63, 3.8) is 0 Å². The number of aliphatic carboxylic acids is 1. The SMILES string of the molecule is CC(C)(C(=O)O)C(=O)NCc1c[nH]c2ccccc12. The van der Waals surface area contributed by atoms with Gasteiger partial charge in [-0.2, -0.15) is 0 Å². The van der Waals surface area contributed by atoms with Crippen molar-refractivity contribution < 1.29 is 14.7 Å². The summed E-state index contributed by atoms with van der Waals surface area (Å²) in [6.07, 6.45) is 1.82. The quantitative estimate of drug-likeness (QED) is 0.734. The lowest BCUT2D eigenvalue weighted by Gasteiger charge is -2.18. The van der Waals surface area contributed by atoms with Crippen LogP contribution in [0.3, 0.4) is 0 Å². The number of carboxylic acid groups (broad SMARTS) is 1. The lowest BCUT2D eigenvalue weighted by Crippen LogP contribution is -2.41. The second kappa shape index (κ2) is 4.76. The van der Waals surface area contributed by atoms with Crippen LogP contribution in [0.2, 0.25) is 0 Å². The second-order valence-corrected chi connectivity index (χ2v) is 4.97. The number of para-hydroxylation sites is 1. The van der Waals surface area contributed by atoms with Gasteiger partial charge in [-0.25, -0.2) is 0 Å². The predicted octanol–water partition coefficient (Wildman–Crippen LogP) is 1.89. The summed E-state index contributed by atoms with van der Waals surface area (Å²) in [5.74, 6) is -1.63. The molecule has 5 nitrogen and oxygen atoms in total. The van der Waals surface area contributed by atoms with Gasteiger partial charge >= 0.3 is 5.97 Å². The van der Waals surface area contributed by atoms with Crippen LogP contribution in [0.25, 0.3) is 10.9 Å². The summed E-state index contributed by atoms with van der Waals surface area (Å²) in [4.78, 5) is 25.9. The van der Waals surface area contributed by atoms with Crippen molar-refractivity contribution in [1.29, 1.82) is 0 Å². The Balaban J connectivity index is 2.11. The minimum absolute atomic E-state index is 0.305. The number of hydrogen-bond donors (Lipinski definition) is 3. The topological polar surface area (TPSA) is 82.2 Å². The molecule has 0 aliphatic heterocycles. The molecule has 2 rings (SSSR count). The fourth-order valence-electron chi connectivity index (χ4n) is 1.77. The zero-order valence-electron chi connectivity index (χ0n) is 10.9. The number of amides is 1. The summed E-state index contributed by atoms with van der Waals surface area (Å²) in [5.41, 5.74) is 0.501. The third-order valence-electron chi connectivity index (χ3n) is 3.22. The number of aromatic nitrogens is 1. The molecule has 0 saturated carbocycles. The highest BCUT2D eigenvalue weighted by molar-refractivity contribution is 6.01. The van der Waals surface area contributed by atoms with Gasteiger partial charge in [-0.15, -0.1) is 0 Å². The number of hydrogen-bond acceptors (Lipinski definition) is 2. The molecule has 100 valence electrons. The van der Waals surface area contributed by atoms with Gasteiger partial charge < -0.3 is 15.4 Å². The Hall–Kier alpha value is -2.30. The molecule has 0 radical (unpaired) electrons. The van der Waals surface area contributed by atoms with Crippen molar-refractivity contribution in [2.24, 2.45) is 5.41 Å². The number of rotatable bonds is 4. The van der Waals surface area contributed by atoms with Gasteiger partial charge in [-0.3, -0.25) is 9.59 Å².